The molecule has 0 radical (unpaired) electrons. The molecule has 0 aromatic heterocycles. The highest BCUT2D eigenvalue weighted by Gasteiger charge is 2.24. The largest absolute Gasteiger partial charge is 0.449 e. The minimum atomic E-state index is -4.32. The predicted octanol–water partition coefficient (Wildman–Crippen LogP) is 1.25. The van der Waals surface area contributed by atoms with Crippen LogP contribution in [-0.2, 0) is 21.0 Å². The third-order valence-electron chi connectivity index (χ3n) is 3.62. The zero-order valence-corrected chi connectivity index (χ0v) is 13.0. The van der Waals surface area contributed by atoms with Crippen molar-refractivity contribution in [3.8, 4) is 16.9 Å². The van der Waals surface area contributed by atoms with E-state index in [0.29, 0.717) is 6.42 Å². The van der Waals surface area contributed by atoms with E-state index in [-0.39, 0.29) is 5.75 Å². The highest BCUT2D eigenvalue weighted by molar-refractivity contribution is 7.82. The van der Waals surface area contributed by atoms with Gasteiger partial charge in [0.2, 0.25) is 0 Å². The van der Waals surface area contributed by atoms with Crippen LogP contribution in [0.5, 0.6) is 5.75 Å². The number of aliphatic hydroxyl groups excluding tert-OH is 2. The number of benzene rings is 2. The fourth-order valence-electron chi connectivity index (χ4n) is 2.55. The van der Waals surface area contributed by atoms with E-state index in [1.165, 1.54) is 0 Å². The van der Waals surface area contributed by atoms with Gasteiger partial charge >= 0.3 is 10.4 Å². The Morgan fingerprint density at radius 2 is 1.83 bits per heavy atom. The van der Waals surface area contributed by atoms with E-state index in [0.717, 1.165) is 22.3 Å². The Kier molecular flexibility index (Phi) is 4.36. The molecule has 3 rings (SSSR count). The van der Waals surface area contributed by atoms with Crippen molar-refractivity contribution in [2.24, 2.45) is 0 Å². The molecule has 1 aliphatic carbocycles. The Balaban J connectivity index is 1.83. The first-order chi connectivity index (χ1) is 11.0. The van der Waals surface area contributed by atoms with Crippen molar-refractivity contribution in [2.75, 3.05) is 13.2 Å². The van der Waals surface area contributed by atoms with Crippen molar-refractivity contribution in [1.29, 1.82) is 0 Å². The minimum absolute atomic E-state index is 0.206. The number of fused-ring (bicyclic) bond motifs is 3. The fraction of sp³-hybridized carbons (Fsp3) is 0.250. The molecular weight excluding hydrogens is 320 g/mol. The second kappa shape index (κ2) is 6.29. The highest BCUT2D eigenvalue weighted by atomic mass is 32.3. The van der Waals surface area contributed by atoms with Gasteiger partial charge in [-0.2, -0.15) is 8.42 Å². The third kappa shape index (κ3) is 3.37. The van der Waals surface area contributed by atoms with E-state index < -0.39 is 29.7 Å². The second-order valence-corrected chi connectivity index (χ2v) is 6.45. The molecule has 0 fully saturated rings. The number of aliphatic hydroxyl groups is 2. The SMILES string of the molecule is O=S(=O)(OCC(O)CO)Oc1cccc2c1Cc1ccccc1-2. The predicted molar refractivity (Wildman–Crippen MR) is 83.3 cm³/mol. The molecule has 0 amide bonds. The Morgan fingerprint density at radius 3 is 2.61 bits per heavy atom. The molecule has 1 aliphatic rings. The van der Waals surface area contributed by atoms with Crippen molar-refractivity contribution in [1.82, 2.24) is 0 Å². The molecule has 1 atom stereocenters. The molecular formula is C16H16O6S. The van der Waals surface area contributed by atoms with Gasteiger partial charge in [0, 0.05) is 12.0 Å². The number of rotatable bonds is 6. The summed E-state index contributed by atoms with van der Waals surface area (Å²) in [6, 6.07) is 13.0. The summed E-state index contributed by atoms with van der Waals surface area (Å²) in [4.78, 5) is 0. The Labute approximate surface area is 134 Å². The lowest BCUT2D eigenvalue weighted by Gasteiger charge is -2.12. The van der Waals surface area contributed by atoms with E-state index >= 15 is 0 Å². The average Bonchev–Trinajstić information content (AvgIpc) is 2.92. The van der Waals surface area contributed by atoms with Gasteiger partial charge in [0.1, 0.15) is 11.9 Å². The first-order valence-corrected chi connectivity index (χ1v) is 8.41. The van der Waals surface area contributed by atoms with Crippen LogP contribution in [0.2, 0.25) is 0 Å². The van der Waals surface area contributed by atoms with Crippen LogP contribution in [0.3, 0.4) is 0 Å². The van der Waals surface area contributed by atoms with Crippen LogP contribution in [0.4, 0.5) is 0 Å². The minimum Gasteiger partial charge on any atom is -0.394 e. The van der Waals surface area contributed by atoms with Gasteiger partial charge in [0.25, 0.3) is 0 Å². The molecule has 0 aliphatic heterocycles. The monoisotopic (exact) mass is 336 g/mol. The van der Waals surface area contributed by atoms with Crippen LogP contribution in [0, 0.1) is 0 Å². The maximum atomic E-state index is 11.9. The Bertz CT molecular complexity index is 815. The normalized spacial score (nSPS) is 14.2. The van der Waals surface area contributed by atoms with Crippen molar-refractivity contribution < 1.29 is 27.0 Å². The van der Waals surface area contributed by atoms with Crippen LogP contribution in [-0.4, -0.2) is 37.9 Å². The van der Waals surface area contributed by atoms with Gasteiger partial charge in [0.15, 0.2) is 0 Å². The van der Waals surface area contributed by atoms with Gasteiger partial charge < -0.3 is 14.4 Å². The van der Waals surface area contributed by atoms with Gasteiger partial charge in [-0.1, -0.05) is 36.4 Å². The molecule has 0 saturated heterocycles. The molecule has 0 heterocycles. The molecule has 2 N–H and O–H groups in total. The first-order valence-electron chi connectivity index (χ1n) is 7.08. The zero-order chi connectivity index (χ0) is 16.4. The Hall–Kier alpha value is -1.93. The molecule has 2 aromatic carbocycles. The summed E-state index contributed by atoms with van der Waals surface area (Å²) >= 11 is 0. The van der Waals surface area contributed by atoms with E-state index in [1.54, 1.807) is 12.1 Å². The summed E-state index contributed by atoms with van der Waals surface area (Å²) in [5.41, 5.74) is 3.88. The highest BCUT2D eigenvalue weighted by Crippen LogP contribution is 2.41. The van der Waals surface area contributed by atoms with Gasteiger partial charge in [-0.25, -0.2) is 4.18 Å². The third-order valence-corrected chi connectivity index (χ3v) is 4.42. The molecule has 0 saturated carbocycles. The summed E-state index contributed by atoms with van der Waals surface area (Å²) in [6.45, 7) is -1.15. The molecule has 122 valence electrons. The molecule has 1 unspecified atom stereocenters. The van der Waals surface area contributed by atoms with Crippen LogP contribution < -0.4 is 4.18 Å². The number of hydrogen-bond donors (Lipinski definition) is 2. The van der Waals surface area contributed by atoms with E-state index in [4.69, 9.17) is 14.4 Å². The van der Waals surface area contributed by atoms with Crippen molar-refractivity contribution in [3.05, 3.63) is 53.6 Å². The first kappa shape index (κ1) is 15.9. The molecule has 6 nitrogen and oxygen atoms in total. The lowest BCUT2D eigenvalue weighted by Crippen LogP contribution is -2.24. The second-order valence-electron chi connectivity index (χ2n) is 5.23. The summed E-state index contributed by atoms with van der Waals surface area (Å²) in [5, 5.41) is 17.8. The quantitative estimate of drug-likeness (QED) is 0.704. The molecule has 23 heavy (non-hydrogen) atoms. The molecule has 0 spiro atoms. The van der Waals surface area contributed by atoms with E-state index in [9.17, 15) is 8.42 Å². The van der Waals surface area contributed by atoms with Crippen molar-refractivity contribution in [2.45, 2.75) is 12.5 Å². The average molecular weight is 336 g/mol. The Morgan fingerprint density at radius 1 is 1.09 bits per heavy atom. The maximum absolute atomic E-state index is 11.9. The summed E-state index contributed by atoms with van der Waals surface area (Å²) in [7, 11) is -4.32. The van der Waals surface area contributed by atoms with Gasteiger partial charge in [-0.3, -0.25) is 0 Å². The smallest absolute Gasteiger partial charge is 0.394 e. The standard InChI is InChI=1S/C16H16O6S/c17-9-12(18)10-21-23(19,20)22-16-7-3-6-14-13-5-2-1-4-11(13)8-15(14)16/h1-7,12,17-18H,8-10H2. The topological polar surface area (TPSA) is 93.1 Å². The molecule has 2 aromatic rings. The van der Waals surface area contributed by atoms with Crippen LogP contribution in [0.25, 0.3) is 11.1 Å². The lowest BCUT2D eigenvalue weighted by atomic mass is 10.1. The van der Waals surface area contributed by atoms with Crippen molar-refractivity contribution in [3.63, 3.8) is 0 Å². The van der Waals surface area contributed by atoms with Crippen LogP contribution in [0.1, 0.15) is 11.1 Å². The van der Waals surface area contributed by atoms with Gasteiger partial charge in [-0.05, 0) is 22.8 Å². The summed E-state index contributed by atoms with van der Waals surface area (Å²) < 4.78 is 33.3. The van der Waals surface area contributed by atoms with Gasteiger partial charge in [-0.15, -0.1) is 0 Å². The maximum Gasteiger partial charge on any atom is 0.449 e. The summed E-state index contributed by atoms with van der Waals surface area (Å²) in [6.07, 6.45) is -0.699. The van der Waals surface area contributed by atoms with E-state index in [1.807, 2.05) is 30.3 Å². The molecule has 0 bridgehead atoms. The zero-order valence-electron chi connectivity index (χ0n) is 12.2. The number of hydrogen-bond acceptors (Lipinski definition) is 6. The van der Waals surface area contributed by atoms with Crippen LogP contribution >= 0.6 is 0 Å². The van der Waals surface area contributed by atoms with Crippen molar-refractivity contribution >= 4 is 10.4 Å². The van der Waals surface area contributed by atoms with E-state index in [2.05, 4.69) is 4.18 Å². The molecule has 7 heteroatoms. The fourth-order valence-corrected chi connectivity index (χ4v) is 3.30. The van der Waals surface area contributed by atoms with Gasteiger partial charge in [0.05, 0.1) is 13.2 Å². The van der Waals surface area contributed by atoms with Crippen LogP contribution in [0.15, 0.2) is 42.5 Å². The lowest BCUT2D eigenvalue weighted by molar-refractivity contribution is 0.0522. The summed E-state index contributed by atoms with van der Waals surface area (Å²) in [5.74, 6) is 0.206.